The molecule has 1 fully saturated rings. The van der Waals surface area contributed by atoms with E-state index in [0.29, 0.717) is 4.47 Å². The summed E-state index contributed by atoms with van der Waals surface area (Å²) in [6.45, 7) is 3.69. The van der Waals surface area contributed by atoms with E-state index in [-0.39, 0.29) is 17.5 Å². The van der Waals surface area contributed by atoms with Gasteiger partial charge in [-0.05, 0) is 25.0 Å². The Kier molecular flexibility index (Phi) is 4.26. The Balaban J connectivity index is 2.55. The van der Waals surface area contributed by atoms with Crippen LogP contribution in [0.5, 0.6) is 0 Å². The van der Waals surface area contributed by atoms with Crippen molar-refractivity contribution in [3.05, 3.63) is 45.4 Å². The number of hydrogen-bond donors (Lipinski definition) is 0. The average molecular weight is 361 g/mol. The first-order valence-corrected chi connectivity index (χ1v) is 8.18. The quantitative estimate of drug-likeness (QED) is 0.443. The molecule has 0 amide bonds. The van der Waals surface area contributed by atoms with Crippen LogP contribution in [0.15, 0.2) is 40.2 Å². The highest BCUT2D eigenvalue weighted by molar-refractivity contribution is 9.10. The van der Waals surface area contributed by atoms with Crippen LogP contribution in [0.4, 0.5) is 5.69 Å². The van der Waals surface area contributed by atoms with Crippen LogP contribution < -0.4 is 0 Å². The number of sulfonamides is 1. The second-order valence-electron chi connectivity index (χ2n) is 4.46. The molecule has 0 spiro atoms. The summed E-state index contributed by atoms with van der Waals surface area (Å²) in [7, 11) is -3.91. The third kappa shape index (κ3) is 2.92. The van der Waals surface area contributed by atoms with Gasteiger partial charge in [-0.2, -0.15) is 4.31 Å². The SMILES string of the molecule is C=CCN(C1CC1)S(=O)(=O)c1cc(Br)ccc1[N+](=O)[O-]. The minimum Gasteiger partial charge on any atom is -0.258 e. The van der Waals surface area contributed by atoms with E-state index >= 15 is 0 Å². The number of nitro groups is 1. The molecule has 0 radical (unpaired) electrons. The fourth-order valence-electron chi connectivity index (χ4n) is 1.90. The van der Waals surface area contributed by atoms with E-state index in [0.717, 1.165) is 12.8 Å². The summed E-state index contributed by atoms with van der Waals surface area (Å²) in [5, 5.41) is 11.0. The van der Waals surface area contributed by atoms with Gasteiger partial charge < -0.3 is 0 Å². The predicted molar refractivity (Wildman–Crippen MR) is 77.9 cm³/mol. The van der Waals surface area contributed by atoms with Crippen LogP contribution in [-0.4, -0.2) is 30.2 Å². The zero-order chi connectivity index (χ0) is 14.9. The molecule has 0 N–H and O–H groups in total. The van der Waals surface area contributed by atoms with Gasteiger partial charge >= 0.3 is 0 Å². The van der Waals surface area contributed by atoms with Gasteiger partial charge in [0.2, 0.25) is 10.0 Å². The van der Waals surface area contributed by atoms with Crippen molar-refractivity contribution >= 4 is 31.6 Å². The van der Waals surface area contributed by atoms with Crippen molar-refractivity contribution in [3.63, 3.8) is 0 Å². The predicted octanol–water partition coefficient (Wildman–Crippen LogP) is 2.70. The van der Waals surface area contributed by atoms with Gasteiger partial charge in [-0.3, -0.25) is 10.1 Å². The number of rotatable bonds is 6. The van der Waals surface area contributed by atoms with Gasteiger partial charge in [-0.25, -0.2) is 8.42 Å². The molecule has 1 aromatic rings. The van der Waals surface area contributed by atoms with Crippen molar-refractivity contribution in [2.75, 3.05) is 6.54 Å². The molecule has 108 valence electrons. The zero-order valence-electron chi connectivity index (χ0n) is 10.5. The molecular formula is C12H13BrN2O4S. The first-order valence-electron chi connectivity index (χ1n) is 5.94. The second-order valence-corrected chi connectivity index (χ2v) is 7.24. The van der Waals surface area contributed by atoms with Gasteiger partial charge in [0.15, 0.2) is 4.90 Å². The highest BCUT2D eigenvalue weighted by atomic mass is 79.9. The van der Waals surface area contributed by atoms with Crippen molar-refractivity contribution in [1.29, 1.82) is 0 Å². The summed E-state index contributed by atoms with van der Waals surface area (Å²) in [4.78, 5) is 10.1. The summed E-state index contributed by atoms with van der Waals surface area (Å²) in [5.41, 5.74) is -0.414. The zero-order valence-corrected chi connectivity index (χ0v) is 12.9. The number of nitrogens with zero attached hydrogens (tertiary/aromatic N) is 2. The van der Waals surface area contributed by atoms with Crippen molar-refractivity contribution in [3.8, 4) is 0 Å². The lowest BCUT2D eigenvalue weighted by Crippen LogP contribution is -2.33. The molecule has 1 aliphatic rings. The van der Waals surface area contributed by atoms with Crippen LogP contribution in [0.25, 0.3) is 0 Å². The van der Waals surface area contributed by atoms with Crippen LogP contribution >= 0.6 is 15.9 Å². The van der Waals surface area contributed by atoms with Crippen molar-refractivity contribution < 1.29 is 13.3 Å². The molecule has 0 unspecified atom stereocenters. The standard InChI is InChI=1S/C12H13BrN2O4S/c1-2-7-14(10-4-5-10)20(18,19)12-8-9(13)3-6-11(12)15(16)17/h2-3,6,8,10H,1,4-5,7H2. The third-order valence-electron chi connectivity index (χ3n) is 2.97. The average Bonchev–Trinajstić information content (AvgIpc) is 3.19. The molecular weight excluding hydrogens is 348 g/mol. The van der Waals surface area contributed by atoms with E-state index in [1.165, 1.54) is 28.6 Å². The third-order valence-corrected chi connectivity index (χ3v) is 5.41. The van der Waals surface area contributed by atoms with Gasteiger partial charge in [-0.15, -0.1) is 6.58 Å². The maximum atomic E-state index is 12.6. The molecule has 0 bridgehead atoms. The topological polar surface area (TPSA) is 80.5 Å². The van der Waals surface area contributed by atoms with E-state index < -0.39 is 20.6 Å². The van der Waals surface area contributed by atoms with Crippen LogP contribution in [0.3, 0.4) is 0 Å². The highest BCUT2D eigenvalue weighted by Crippen LogP contribution is 2.35. The molecule has 1 aliphatic carbocycles. The van der Waals surface area contributed by atoms with E-state index in [4.69, 9.17) is 0 Å². The number of hydrogen-bond acceptors (Lipinski definition) is 4. The smallest absolute Gasteiger partial charge is 0.258 e. The Bertz CT molecular complexity index is 655. The van der Waals surface area contributed by atoms with Gasteiger partial charge in [-0.1, -0.05) is 22.0 Å². The molecule has 0 aromatic heterocycles. The van der Waals surface area contributed by atoms with E-state index in [1.807, 2.05) is 0 Å². The normalized spacial score (nSPS) is 15.3. The number of nitro benzene ring substituents is 1. The molecule has 20 heavy (non-hydrogen) atoms. The van der Waals surface area contributed by atoms with Crippen LogP contribution in [0.1, 0.15) is 12.8 Å². The van der Waals surface area contributed by atoms with E-state index in [9.17, 15) is 18.5 Å². The van der Waals surface area contributed by atoms with Crippen molar-refractivity contribution in [2.45, 2.75) is 23.8 Å². The number of halogens is 1. The van der Waals surface area contributed by atoms with Crippen LogP contribution in [-0.2, 0) is 10.0 Å². The molecule has 8 heteroatoms. The Morgan fingerprint density at radius 1 is 1.50 bits per heavy atom. The lowest BCUT2D eigenvalue weighted by atomic mass is 10.3. The summed E-state index contributed by atoms with van der Waals surface area (Å²) < 4.78 is 27.0. The molecule has 0 aliphatic heterocycles. The lowest BCUT2D eigenvalue weighted by Gasteiger charge is -2.20. The van der Waals surface area contributed by atoms with E-state index in [1.54, 1.807) is 0 Å². The Labute approximate surface area is 125 Å². The Morgan fingerprint density at radius 2 is 2.15 bits per heavy atom. The van der Waals surface area contributed by atoms with Crippen molar-refractivity contribution in [2.24, 2.45) is 0 Å². The molecule has 6 nitrogen and oxygen atoms in total. The Morgan fingerprint density at radius 3 is 2.65 bits per heavy atom. The molecule has 1 saturated carbocycles. The van der Waals surface area contributed by atoms with Gasteiger partial charge in [0.05, 0.1) is 4.92 Å². The lowest BCUT2D eigenvalue weighted by molar-refractivity contribution is -0.387. The summed E-state index contributed by atoms with van der Waals surface area (Å²) in [6, 6.07) is 3.82. The fraction of sp³-hybridized carbons (Fsp3) is 0.333. The second kappa shape index (κ2) is 5.63. The van der Waals surface area contributed by atoms with E-state index in [2.05, 4.69) is 22.5 Å². The summed E-state index contributed by atoms with van der Waals surface area (Å²) >= 11 is 3.15. The molecule has 2 rings (SSSR count). The monoisotopic (exact) mass is 360 g/mol. The minimum atomic E-state index is -3.91. The highest BCUT2D eigenvalue weighted by Gasteiger charge is 2.40. The van der Waals surface area contributed by atoms with Crippen LogP contribution in [0.2, 0.25) is 0 Å². The molecule has 0 heterocycles. The van der Waals surface area contributed by atoms with Crippen molar-refractivity contribution in [1.82, 2.24) is 4.31 Å². The molecule has 0 saturated heterocycles. The maximum absolute atomic E-state index is 12.6. The first-order chi connectivity index (χ1) is 9.37. The molecule has 0 atom stereocenters. The summed E-state index contributed by atoms with van der Waals surface area (Å²) in [5.74, 6) is 0. The van der Waals surface area contributed by atoms with Gasteiger partial charge in [0.25, 0.3) is 5.69 Å². The maximum Gasteiger partial charge on any atom is 0.289 e. The summed E-state index contributed by atoms with van der Waals surface area (Å²) in [6.07, 6.45) is 3.03. The molecule has 1 aromatic carbocycles. The number of benzene rings is 1. The Hall–Kier alpha value is -1.25. The first kappa shape index (κ1) is 15.1. The van der Waals surface area contributed by atoms with Crippen LogP contribution in [0, 0.1) is 10.1 Å². The fourth-order valence-corrected chi connectivity index (χ4v) is 4.26. The minimum absolute atomic E-state index is 0.0865. The van der Waals surface area contributed by atoms with Gasteiger partial charge in [0.1, 0.15) is 0 Å². The largest absolute Gasteiger partial charge is 0.289 e. The van der Waals surface area contributed by atoms with Gasteiger partial charge in [0, 0.05) is 23.1 Å².